The molecular formula is C31H23NO6. The number of anilines is 1. The Kier molecular flexibility index (Phi) is 6.74. The summed E-state index contributed by atoms with van der Waals surface area (Å²) < 4.78 is 15.5. The first-order valence-electron chi connectivity index (χ1n) is 11.8. The lowest BCUT2D eigenvalue weighted by molar-refractivity contribution is -0.113. The summed E-state index contributed by atoms with van der Waals surface area (Å²) >= 11 is 0. The maximum atomic E-state index is 13.6. The van der Waals surface area contributed by atoms with E-state index in [4.69, 9.17) is 13.9 Å². The Labute approximate surface area is 219 Å². The Balaban J connectivity index is 1.47. The zero-order valence-corrected chi connectivity index (χ0v) is 20.7. The molecule has 0 saturated carbocycles. The third-order valence-electron chi connectivity index (χ3n) is 6.11. The quantitative estimate of drug-likeness (QED) is 0.236. The van der Waals surface area contributed by atoms with Crippen LogP contribution in [0.3, 0.4) is 0 Å². The number of esters is 2. The number of ether oxygens (including phenoxy) is 2. The average Bonchev–Trinajstić information content (AvgIpc) is 3.57. The van der Waals surface area contributed by atoms with Gasteiger partial charge >= 0.3 is 11.9 Å². The molecule has 1 aliphatic heterocycles. The molecule has 7 heteroatoms. The van der Waals surface area contributed by atoms with Gasteiger partial charge in [0.25, 0.3) is 5.91 Å². The zero-order chi connectivity index (χ0) is 26.6. The molecule has 1 amide bonds. The van der Waals surface area contributed by atoms with Crippen molar-refractivity contribution in [3.63, 3.8) is 0 Å². The van der Waals surface area contributed by atoms with Crippen molar-refractivity contribution in [2.24, 2.45) is 0 Å². The molecule has 1 aliphatic rings. The van der Waals surface area contributed by atoms with Gasteiger partial charge in [-0.25, -0.2) is 9.59 Å². The molecule has 5 rings (SSSR count). The first kappa shape index (κ1) is 24.5. The number of hydrogen-bond acceptors (Lipinski definition) is 6. The number of amides is 1. The van der Waals surface area contributed by atoms with Crippen LogP contribution in [-0.2, 0) is 14.3 Å². The largest absolute Gasteiger partial charge is 0.465 e. The molecule has 0 N–H and O–H groups in total. The average molecular weight is 506 g/mol. The minimum absolute atomic E-state index is 0.227. The van der Waals surface area contributed by atoms with Crippen molar-refractivity contribution < 1.29 is 28.3 Å². The van der Waals surface area contributed by atoms with Crippen LogP contribution in [-0.4, -0.2) is 32.1 Å². The SMILES string of the molecule is COC(=O)c1ccc(-c2ccc(/C=C3\C=C(c4ccccc4)N(c4ccc(C(=O)OC)cc4)C3=O)o2)cc1. The summed E-state index contributed by atoms with van der Waals surface area (Å²) in [6.07, 6.45) is 3.51. The summed E-state index contributed by atoms with van der Waals surface area (Å²) in [6, 6.07) is 26.8. The minimum atomic E-state index is -0.447. The molecule has 1 aromatic heterocycles. The Morgan fingerprint density at radius 1 is 0.737 bits per heavy atom. The van der Waals surface area contributed by atoms with Gasteiger partial charge in [0.1, 0.15) is 11.5 Å². The summed E-state index contributed by atoms with van der Waals surface area (Å²) in [7, 11) is 2.66. The first-order valence-corrected chi connectivity index (χ1v) is 11.8. The lowest BCUT2D eigenvalue weighted by atomic mass is 10.1. The molecule has 0 saturated heterocycles. The van der Waals surface area contributed by atoms with Gasteiger partial charge in [-0.15, -0.1) is 0 Å². The van der Waals surface area contributed by atoms with Crippen molar-refractivity contribution in [2.45, 2.75) is 0 Å². The molecule has 0 radical (unpaired) electrons. The fraction of sp³-hybridized carbons (Fsp3) is 0.0645. The zero-order valence-electron chi connectivity index (χ0n) is 20.7. The van der Waals surface area contributed by atoms with Crippen molar-refractivity contribution in [3.05, 3.63) is 125 Å². The number of carbonyl (C=O) groups excluding carboxylic acids is 3. The van der Waals surface area contributed by atoms with Gasteiger partial charge in [-0.1, -0.05) is 42.5 Å². The van der Waals surface area contributed by atoms with E-state index in [2.05, 4.69) is 0 Å². The van der Waals surface area contributed by atoms with Crippen LogP contribution in [0.4, 0.5) is 5.69 Å². The van der Waals surface area contributed by atoms with E-state index < -0.39 is 11.9 Å². The normalized spacial score (nSPS) is 13.9. The molecule has 0 aliphatic carbocycles. The van der Waals surface area contributed by atoms with Crippen LogP contribution >= 0.6 is 0 Å². The van der Waals surface area contributed by atoms with Crippen LogP contribution in [0.1, 0.15) is 32.0 Å². The summed E-state index contributed by atoms with van der Waals surface area (Å²) in [4.78, 5) is 38.8. The fourth-order valence-corrected chi connectivity index (χ4v) is 4.18. The highest BCUT2D eigenvalue weighted by Gasteiger charge is 2.30. The highest BCUT2D eigenvalue weighted by atomic mass is 16.5. The molecular weight excluding hydrogens is 482 g/mol. The number of hydrogen-bond donors (Lipinski definition) is 0. The predicted molar refractivity (Wildman–Crippen MR) is 143 cm³/mol. The summed E-state index contributed by atoms with van der Waals surface area (Å²) in [6.45, 7) is 0. The maximum absolute atomic E-state index is 13.6. The Morgan fingerprint density at radius 3 is 1.95 bits per heavy atom. The monoisotopic (exact) mass is 505 g/mol. The second-order valence-corrected chi connectivity index (χ2v) is 8.45. The van der Waals surface area contributed by atoms with Gasteiger partial charge in [-0.05, 0) is 66.2 Å². The lowest BCUT2D eigenvalue weighted by Crippen LogP contribution is -2.25. The van der Waals surface area contributed by atoms with Gasteiger partial charge in [0, 0.05) is 16.8 Å². The van der Waals surface area contributed by atoms with Gasteiger partial charge in [-0.3, -0.25) is 9.69 Å². The highest BCUT2D eigenvalue weighted by molar-refractivity contribution is 6.23. The van der Waals surface area contributed by atoms with Crippen molar-refractivity contribution in [2.75, 3.05) is 19.1 Å². The van der Waals surface area contributed by atoms with Crippen LogP contribution in [0.15, 0.2) is 107 Å². The van der Waals surface area contributed by atoms with Crippen LogP contribution in [0.5, 0.6) is 0 Å². The van der Waals surface area contributed by atoms with E-state index in [9.17, 15) is 14.4 Å². The number of rotatable bonds is 6. The van der Waals surface area contributed by atoms with Crippen LogP contribution in [0.2, 0.25) is 0 Å². The molecule has 0 unspecified atom stereocenters. The van der Waals surface area contributed by atoms with E-state index in [-0.39, 0.29) is 5.91 Å². The predicted octanol–water partition coefficient (Wildman–Crippen LogP) is 5.99. The molecule has 4 aromatic rings. The molecule has 3 aromatic carbocycles. The summed E-state index contributed by atoms with van der Waals surface area (Å²) in [5.74, 6) is 0.0205. The number of nitrogens with zero attached hydrogens (tertiary/aromatic N) is 1. The standard InChI is InChI=1S/C31H23NO6/c1-36-30(34)22-10-8-21(9-11-22)28-17-16-26(38-28)18-24-19-27(20-6-4-3-5-7-20)32(29(24)33)25-14-12-23(13-15-25)31(35)37-2/h3-19H,1-2H3/b24-18+. The molecule has 0 spiro atoms. The van der Waals surface area contributed by atoms with E-state index in [0.29, 0.717) is 39.6 Å². The van der Waals surface area contributed by atoms with Gasteiger partial charge < -0.3 is 13.9 Å². The van der Waals surface area contributed by atoms with E-state index in [1.54, 1.807) is 65.6 Å². The molecule has 7 nitrogen and oxygen atoms in total. The molecule has 0 fully saturated rings. The Bertz CT molecular complexity index is 1560. The lowest BCUT2D eigenvalue weighted by Gasteiger charge is -2.21. The van der Waals surface area contributed by atoms with Crippen LogP contribution < -0.4 is 4.90 Å². The summed E-state index contributed by atoms with van der Waals surface area (Å²) in [5.41, 5.74) is 4.26. The van der Waals surface area contributed by atoms with Crippen molar-refractivity contribution in [1.29, 1.82) is 0 Å². The first-order chi connectivity index (χ1) is 18.5. The van der Waals surface area contributed by atoms with Crippen molar-refractivity contribution in [3.8, 4) is 11.3 Å². The molecule has 0 bridgehead atoms. The smallest absolute Gasteiger partial charge is 0.337 e. The van der Waals surface area contributed by atoms with Gasteiger partial charge in [0.15, 0.2) is 0 Å². The minimum Gasteiger partial charge on any atom is -0.465 e. The van der Waals surface area contributed by atoms with Crippen molar-refractivity contribution in [1.82, 2.24) is 0 Å². The third kappa shape index (κ3) is 4.77. The second-order valence-electron chi connectivity index (χ2n) is 8.45. The number of furan rings is 1. The van der Waals surface area contributed by atoms with E-state index in [1.807, 2.05) is 42.5 Å². The van der Waals surface area contributed by atoms with Gasteiger partial charge in [-0.2, -0.15) is 0 Å². The number of carbonyl (C=O) groups is 3. The molecule has 2 heterocycles. The summed E-state index contributed by atoms with van der Waals surface area (Å²) in [5, 5.41) is 0. The van der Waals surface area contributed by atoms with E-state index in [0.717, 1.165) is 11.1 Å². The molecule has 0 atom stereocenters. The number of benzene rings is 3. The van der Waals surface area contributed by atoms with E-state index >= 15 is 0 Å². The Morgan fingerprint density at radius 2 is 1.34 bits per heavy atom. The fourth-order valence-electron chi connectivity index (χ4n) is 4.18. The van der Waals surface area contributed by atoms with Gasteiger partial charge in [0.2, 0.25) is 0 Å². The molecule has 188 valence electrons. The molecule has 38 heavy (non-hydrogen) atoms. The topological polar surface area (TPSA) is 86.0 Å². The maximum Gasteiger partial charge on any atom is 0.337 e. The Hall–Kier alpha value is -5.17. The van der Waals surface area contributed by atoms with Crippen LogP contribution in [0.25, 0.3) is 23.1 Å². The van der Waals surface area contributed by atoms with Crippen molar-refractivity contribution >= 4 is 35.3 Å². The highest BCUT2D eigenvalue weighted by Crippen LogP contribution is 2.36. The third-order valence-corrected chi connectivity index (χ3v) is 6.11. The van der Waals surface area contributed by atoms with E-state index in [1.165, 1.54) is 14.2 Å². The van der Waals surface area contributed by atoms with Gasteiger partial charge in [0.05, 0.1) is 31.0 Å². The second kappa shape index (κ2) is 10.4. The van der Waals surface area contributed by atoms with Crippen LogP contribution in [0, 0.1) is 0 Å². The number of methoxy groups -OCH3 is 2.